The summed E-state index contributed by atoms with van der Waals surface area (Å²) >= 11 is 0. The van der Waals surface area contributed by atoms with Gasteiger partial charge in [0.2, 0.25) is 0 Å². The third-order valence-corrected chi connectivity index (χ3v) is 4.15. The van der Waals surface area contributed by atoms with E-state index < -0.39 is 6.29 Å². The van der Waals surface area contributed by atoms with Gasteiger partial charge in [-0.2, -0.15) is 0 Å². The van der Waals surface area contributed by atoms with Gasteiger partial charge in [0.05, 0.1) is 0 Å². The van der Waals surface area contributed by atoms with Gasteiger partial charge in [-0.1, -0.05) is 84.0 Å². The molecule has 20 heavy (non-hydrogen) atoms. The van der Waals surface area contributed by atoms with Gasteiger partial charge in [0.1, 0.15) is 0 Å². The summed E-state index contributed by atoms with van der Waals surface area (Å²) in [6, 6.07) is 0. The number of hydrogen-bond acceptors (Lipinski definition) is 3. The Morgan fingerprint density at radius 3 is 1.45 bits per heavy atom. The molecule has 0 aliphatic rings. The van der Waals surface area contributed by atoms with Crippen LogP contribution in [0.4, 0.5) is 0 Å². The first-order valence-corrected chi connectivity index (χ1v) is 8.78. The molecule has 0 saturated heterocycles. The maximum Gasteiger partial charge on any atom is 0.155 e. The van der Waals surface area contributed by atoms with E-state index in [-0.39, 0.29) is 5.92 Å². The Hall–Kier alpha value is -0.120. The second-order valence-electron chi connectivity index (χ2n) is 6.09. The van der Waals surface area contributed by atoms with Crippen molar-refractivity contribution >= 4 is 0 Å². The van der Waals surface area contributed by atoms with Crippen LogP contribution in [0.2, 0.25) is 0 Å². The van der Waals surface area contributed by atoms with Crippen LogP contribution in [0.25, 0.3) is 0 Å². The molecule has 0 rings (SSSR count). The summed E-state index contributed by atoms with van der Waals surface area (Å²) in [5.41, 5.74) is 5.49. The minimum Gasteiger partial charge on any atom is -0.368 e. The zero-order valence-electron chi connectivity index (χ0n) is 13.5. The third-order valence-electron chi connectivity index (χ3n) is 4.15. The monoisotopic (exact) mass is 287 g/mol. The minimum absolute atomic E-state index is 0.141. The molecule has 0 fully saturated rings. The van der Waals surface area contributed by atoms with Crippen LogP contribution in [0.3, 0.4) is 0 Å². The number of unbranched alkanes of at least 4 members (excludes halogenated alkanes) is 11. The lowest BCUT2D eigenvalue weighted by Crippen LogP contribution is -2.27. The SMILES string of the molecule is CCCCCCCCCCCCCCC(CN)C(O)O. The van der Waals surface area contributed by atoms with Gasteiger partial charge in [0, 0.05) is 5.92 Å². The lowest BCUT2D eigenvalue weighted by molar-refractivity contribution is -0.0833. The molecule has 4 N–H and O–H groups in total. The average molecular weight is 287 g/mol. The van der Waals surface area contributed by atoms with Crippen molar-refractivity contribution in [3.63, 3.8) is 0 Å². The quantitative estimate of drug-likeness (QED) is 0.315. The fourth-order valence-electron chi connectivity index (χ4n) is 2.64. The van der Waals surface area contributed by atoms with Crippen molar-refractivity contribution in [2.75, 3.05) is 6.54 Å². The third kappa shape index (κ3) is 12.9. The summed E-state index contributed by atoms with van der Waals surface area (Å²) in [7, 11) is 0. The van der Waals surface area contributed by atoms with Gasteiger partial charge in [-0.25, -0.2) is 0 Å². The normalized spacial score (nSPS) is 13.1. The van der Waals surface area contributed by atoms with E-state index in [0.717, 1.165) is 12.8 Å². The van der Waals surface area contributed by atoms with Crippen LogP contribution in [0.15, 0.2) is 0 Å². The first-order valence-electron chi connectivity index (χ1n) is 8.78. The Morgan fingerprint density at radius 1 is 0.700 bits per heavy atom. The fourth-order valence-corrected chi connectivity index (χ4v) is 2.64. The predicted molar refractivity (Wildman–Crippen MR) is 86.5 cm³/mol. The molecule has 0 saturated carbocycles. The highest BCUT2D eigenvalue weighted by atomic mass is 16.5. The number of hydrogen-bond donors (Lipinski definition) is 3. The first-order chi connectivity index (χ1) is 9.72. The van der Waals surface area contributed by atoms with Crippen LogP contribution in [0.1, 0.15) is 90.4 Å². The Balaban J connectivity index is 3.13. The lowest BCUT2D eigenvalue weighted by Gasteiger charge is -2.16. The van der Waals surface area contributed by atoms with E-state index in [1.165, 1.54) is 70.6 Å². The number of aliphatic hydroxyl groups is 2. The Bertz CT molecular complexity index is 186. The molecule has 0 aromatic carbocycles. The molecule has 0 radical (unpaired) electrons. The van der Waals surface area contributed by atoms with E-state index in [0.29, 0.717) is 6.54 Å². The maximum atomic E-state index is 9.06. The summed E-state index contributed by atoms with van der Waals surface area (Å²) in [5.74, 6) is -0.141. The zero-order valence-corrected chi connectivity index (χ0v) is 13.5. The van der Waals surface area contributed by atoms with Crippen molar-refractivity contribution in [3.8, 4) is 0 Å². The van der Waals surface area contributed by atoms with Gasteiger partial charge in [-0.05, 0) is 13.0 Å². The van der Waals surface area contributed by atoms with E-state index >= 15 is 0 Å². The molecule has 1 atom stereocenters. The van der Waals surface area contributed by atoms with Crippen LogP contribution in [-0.4, -0.2) is 23.0 Å². The molecule has 3 nitrogen and oxygen atoms in total. The Morgan fingerprint density at radius 2 is 1.10 bits per heavy atom. The lowest BCUT2D eigenvalue weighted by atomic mass is 9.99. The Labute approximate surface area is 126 Å². The van der Waals surface area contributed by atoms with E-state index in [4.69, 9.17) is 15.9 Å². The highest BCUT2D eigenvalue weighted by Gasteiger charge is 2.13. The summed E-state index contributed by atoms with van der Waals surface area (Å²) in [4.78, 5) is 0. The largest absolute Gasteiger partial charge is 0.368 e. The molecule has 0 aromatic heterocycles. The first kappa shape index (κ1) is 19.9. The van der Waals surface area contributed by atoms with Crippen molar-refractivity contribution in [3.05, 3.63) is 0 Å². The smallest absolute Gasteiger partial charge is 0.155 e. The zero-order chi connectivity index (χ0) is 15.1. The molecule has 122 valence electrons. The van der Waals surface area contributed by atoms with Crippen LogP contribution >= 0.6 is 0 Å². The molecule has 0 heterocycles. The van der Waals surface area contributed by atoms with Crippen LogP contribution in [0, 0.1) is 5.92 Å². The molecular formula is C17H37NO2. The molecule has 3 heteroatoms. The van der Waals surface area contributed by atoms with Gasteiger partial charge in [0.15, 0.2) is 6.29 Å². The highest BCUT2D eigenvalue weighted by Crippen LogP contribution is 2.15. The predicted octanol–water partition coefficient (Wildman–Crippen LogP) is 3.96. The van der Waals surface area contributed by atoms with Crippen LogP contribution in [-0.2, 0) is 0 Å². The summed E-state index contributed by atoms with van der Waals surface area (Å²) in [6.07, 6.45) is 15.6. The van der Waals surface area contributed by atoms with Gasteiger partial charge in [-0.15, -0.1) is 0 Å². The topological polar surface area (TPSA) is 66.5 Å². The molecule has 1 unspecified atom stereocenters. The van der Waals surface area contributed by atoms with Gasteiger partial charge in [0.25, 0.3) is 0 Å². The molecule has 0 aliphatic heterocycles. The van der Waals surface area contributed by atoms with Crippen molar-refractivity contribution in [1.82, 2.24) is 0 Å². The fraction of sp³-hybridized carbons (Fsp3) is 1.00. The second kappa shape index (κ2) is 15.3. The molecule has 0 aromatic rings. The number of nitrogens with two attached hydrogens (primary N) is 1. The van der Waals surface area contributed by atoms with E-state index in [1.54, 1.807) is 0 Å². The second-order valence-corrected chi connectivity index (χ2v) is 6.09. The minimum atomic E-state index is -1.24. The molecule has 0 amide bonds. The van der Waals surface area contributed by atoms with Gasteiger partial charge in [-0.3, -0.25) is 0 Å². The van der Waals surface area contributed by atoms with E-state index in [9.17, 15) is 0 Å². The van der Waals surface area contributed by atoms with Gasteiger partial charge < -0.3 is 15.9 Å². The molecular weight excluding hydrogens is 250 g/mol. The van der Waals surface area contributed by atoms with Crippen molar-refractivity contribution in [1.29, 1.82) is 0 Å². The van der Waals surface area contributed by atoms with Crippen molar-refractivity contribution in [2.24, 2.45) is 11.7 Å². The van der Waals surface area contributed by atoms with E-state index in [2.05, 4.69) is 6.92 Å². The summed E-state index contributed by atoms with van der Waals surface area (Å²) < 4.78 is 0. The van der Waals surface area contributed by atoms with Crippen molar-refractivity contribution < 1.29 is 10.2 Å². The molecule has 0 spiro atoms. The highest BCUT2D eigenvalue weighted by molar-refractivity contribution is 4.61. The van der Waals surface area contributed by atoms with E-state index in [1.807, 2.05) is 0 Å². The number of rotatable bonds is 15. The standard InChI is InChI=1S/C17H37NO2/c1-2-3-4-5-6-7-8-9-10-11-12-13-14-16(15-18)17(19)20/h16-17,19-20H,2-15,18H2,1H3. The molecule has 0 bridgehead atoms. The summed E-state index contributed by atoms with van der Waals surface area (Å²) in [6.45, 7) is 2.63. The van der Waals surface area contributed by atoms with Crippen LogP contribution < -0.4 is 5.73 Å². The summed E-state index contributed by atoms with van der Waals surface area (Å²) in [5, 5.41) is 18.1. The number of aliphatic hydroxyl groups excluding tert-OH is 1. The van der Waals surface area contributed by atoms with Crippen molar-refractivity contribution in [2.45, 2.75) is 96.7 Å². The average Bonchev–Trinajstić information content (AvgIpc) is 2.43. The Kier molecular flexibility index (Phi) is 15.2. The maximum absolute atomic E-state index is 9.06. The van der Waals surface area contributed by atoms with Gasteiger partial charge >= 0.3 is 0 Å². The molecule has 0 aliphatic carbocycles. The van der Waals surface area contributed by atoms with Crippen LogP contribution in [0.5, 0.6) is 0 Å².